The third-order valence-corrected chi connectivity index (χ3v) is 4.35. The number of aromatic nitrogens is 1. The maximum atomic E-state index is 12.4. The first kappa shape index (κ1) is 12.4. The molecule has 0 saturated carbocycles. The fourth-order valence-electron chi connectivity index (χ4n) is 3.26. The lowest BCUT2D eigenvalue weighted by atomic mass is 9.98. The predicted molar refractivity (Wildman–Crippen MR) is 72.1 cm³/mol. The van der Waals surface area contributed by atoms with Gasteiger partial charge in [-0.15, -0.1) is 0 Å². The maximum Gasteiger partial charge on any atom is 0.255 e. The molecule has 3 heterocycles. The number of carbonyl (C=O) groups excluding carboxylic acids is 1. The lowest BCUT2D eigenvalue weighted by Gasteiger charge is -2.35. The van der Waals surface area contributed by atoms with E-state index in [2.05, 4.69) is 10.3 Å². The number of aromatic amines is 1. The van der Waals surface area contributed by atoms with Crippen molar-refractivity contribution < 1.29 is 4.79 Å². The van der Waals surface area contributed by atoms with E-state index in [1.807, 2.05) is 11.9 Å². The molecule has 0 aliphatic carbocycles. The van der Waals surface area contributed by atoms with E-state index in [1.54, 1.807) is 6.07 Å². The number of hydrogen-bond acceptors (Lipinski definition) is 3. The van der Waals surface area contributed by atoms with E-state index in [0.29, 0.717) is 23.7 Å². The highest BCUT2D eigenvalue weighted by atomic mass is 16.2. The molecule has 2 N–H and O–H groups in total. The number of fused-ring (bicyclic) bond motifs is 2. The summed E-state index contributed by atoms with van der Waals surface area (Å²) >= 11 is 0. The van der Waals surface area contributed by atoms with E-state index in [4.69, 9.17) is 0 Å². The van der Waals surface area contributed by atoms with Crippen molar-refractivity contribution in [2.75, 3.05) is 7.05 Å². The van der Waals surface area contributed by atoms with E-state index in [-0.39, 0.29) is 11.5 Å². The van der Waals surface area contributed by atoms with Crippen molar-refractivity contribution in [1.82, 2.24) is 15.2 Å². The summed E-state index contributed by atoms with van der Waals surface area (Å²) in [5, 5.41) is 3.58. The van der Waals surface area contributed by atoms with Crippen LogP contribution in [-0.4, -0.2) is 41.0 Å². The highest BCUT2D eigenvalue weighted by molar-refractivity contribution is 5.93. The van der Waals surface area contributed by atoms with E-state index < -0.39 is 0 Å². The topological polar surface area (TPSA) is 65.2 Å². The molecule has 2 atom stereocenters. The van der Waals surface area contributed by atoms with Crippen LogP contribution in [0, 0.1) is 0 Å². The molecule has 1 aromatic rings. The molecule has 2 unspecified atom stereocenters. The van der Waals surface area contributed by atoms with Crippen LogP contribution in [-0.2, 0) is 0 Å². The Balaban J connectivity index is 1.72. The van der Waals surface area contributed by atoms with Crippen molar-refractivity contribution >= 4 is 5.91 Å². The molecule has 2 aliphatic heterocycles. The first-order chi connectivity index (χ1) is 9.13. The Hall–Kier alpha value is -1.62. The van der Waals surface area contributed by atoms with Gasteiger partial charge in [0, 0.05) is 37.4 Å². The molecule has 2 aliphatic rings. The van der Waals surface area contributed by atoms with Crippen LogP contribution in [0.3, 0.4) is 0 Å². The van der Waals surface area contributed by atoms with Crippen molar-refractivity contribution in [3.05, 3.63) is 34.2 Å². The van der Waals surface area contributed by atoms with Crippen molar-refractivity contribution in [2.45, 2.75) is 43.8 Å². The highest BCUT2D eigenvalue weighted by Gasteiger charge is 2.36. The number of H-pyrrole nitrogens is 1. The normalized spacial score (nSPS) is 29.2. The summed E-state index contributed by atoms with van der Waals surface area (Å²) in [6.45, 7) is 0. The number of amides is 1. The zero-order chi connectivity index (χ0) is 13.4. The Bertz CT molecular complexity index is 507. The summed E-state index contributed by atoms with van der Waals surface area (Å²) in [5.41, 5.74) is 0.368. The van der Waals surface area contributed by atoms with Crippen LogP contribution in [0.5, 0.6) is 0 Å². The molecule has 5 heteroatoms. The third kappa shape index (κ3) is 2.42. The van der Waals surface area contributed by atoms with Crippen molar-refractivity contribution in [3.63, 3.8) is 0 Å². The molecule has 19 heavy (non-hydrogen) atoms. The molecule has 1 aromatic heterocycles. The van der Waals surface area contributed by atoms with Crippen molar-refractivity contribution in [1.29, 1.82) is 0 Å². The van der Waals surface area contributed by atoms with Gasteiger partial charge in [0.15, 0.2) is 0 Å². The first-order valence-electron chi connectivity index (χ1n) is 6.85. The predicted octanol–water partition coefficient (Wildman–Crippen LogP) is 0.730. The van der Waals surface area contributed by atoms with Crippen LogP contribution < -0.4 is 10.9 Å². The van der Waals surface area contributed by atoms with Crippen LogP contribution in [0.15, 0.2) is 23.1 Å². The minimum atomic E-state index is -0.181. The lowest BCUT2D eigenvalue weighted by Crippen LogP contribution is -2.48. The summed E-state index contributed by atoms with van der Waals surface area (Å²) in [6, 6.07) is 4.42. The largest absolute Gasteiger partial charge is 0.339 e. The second-order valence-corrected chi connectivity index (χ2v) is 5.62. The minimum Gasteiger partial charge on any atom is -0.339 e. The molecule has 2 saturated heterocycles. The molecule has 1 amide bonds. The smallest absolute Gasteiger partial charge is 0.255 e. The molecule has 3 rings (SSSR count). The SMILES string of the molecule is CN(C(=O)c1ccc(=O)[nH]c1)C1CC2CCC(C1)N2. The molecular weight excluding hydrogens is 242 g/mol. The van der Waals surface area contributed by atoms with Crippen LogP contribution in [0.4, 0.5) is 0 Å². The van der Waals surface area contributed by atoms with Gasteiger partial charge in [0.2, 0.25) is 5.56 Å². The third-order valence-electron chi connectivity index (χ3n) is 4.35. The average Bonchev–Trinajstić information content (AvgIpc) is 2.76. The van der Waals surface area contributed by atoms with Crippen LogP contribution >= 0.6 is 0 Å². The van der Waals surface area contributed by atoms with Gasteiger partial charge in [-0.1, -0.05) is 0 Å². The average molecular weight is 261 g/mol. The summed E-state index contributed by atoms with van der Waals surface area (Å²) in [4.78, 5) is 27.8. The van der Waals surface area contributed by atoms with E-state index >= 15 is 0 Å². The number of piperidine rings is 1. The maximum absolute atomic E-state index is 12.4. The molecular formula is C14H19N3O2. The molecule has 2 bridgehead atoms. The monoisotopic (exact) mass is 261 g/mol. The Labute approximate surface area is 112 Å². The minimum absolute atomic E-state index is 0.0115. The summed E-state index contributed by atoms with van der Waals surface area (Å²) < 4.78 is 0. The summed E-state index contributed by atoms with van der Waals surface area (Å²) in [6.07, 6.45) is 6.00. The number of nitrogens with one attached hydrogen (secondary N) is 2. The molecule has 0 aromatic carbocycles. The Morgan fingerprint density at radius 1 is 1.26 bits per heavy atom. The van der Waals surface area contributed by atoms with Gasteiger partial charge in [-0.05, 0) is 31.7 Å². The van der Waals surface area contributed by atoms with E-state index in [9.17, 15) is 9.59 Å². The van der Waals surface area contributed by atoms with E-state index in [1.165, 1.54) is 25.1 Å². The number of nitrogens with zero attached hydrogens (tertiary/aromatic N) is 1. The van der Waals surface area contributed by atoms with Gasteiger partial charge < -0.3 is 15.2 Å². The number of carbonyl (C=O) groups is 1. The quantitative estimate of drug-likeness (QED) is 0.825. The second kappa shape index (κ2) is 4.81. The van der Waals surface area contributed by atoms with Crippen LogP contribution in [0.25, 0.3) is 0 Å². The fourth-order valence-corrected chi connectivity index (χ4v) is 3.26. The van der Waals surface area contributed by atoms with Gasteiger partial charge in [0.05, 0.1) is 5.56 Å². The Kier molecular flexibility index (Phi) is 3.14. The molecule has 2 fully saturated rings. The fraction of sp³-hybridized carbons (Fsp3) is 0.571. The van der Waals surface area contributed by atoms with Crippen LogP contribution in [0.2, 0.25) is 0 Å². The summed E-state index contributed by atoms with van der Waals surface area (Å²) in [7, 11) is 1.86. The van der Waals surface area contributed by atoms with Gasteiger partial charge in [-0.2, -0.15) is 0 Å². The summed E-state index contributed by atoms with van der Waals surface area (Å²) in [5.74, 6) is -0.0115. The number of hydrogen-bond donors (Lipinski definition) is 2. The van der Waals surface area contributed by atoms with E-state index in [0.717, 1.165) is 12.8 Å². The molecule has 0 radical (unpaired) electrons. The van der Waals surface area contributed by atoms with Crippen molar-refractivity contribution in [2.24, 2.45) is 0 Å². The van der Waals surface area contributed by atoms with Gasteiger partial charge >= 0.3 is 0 Å². The second-order valence-electron chi connectivity index (χ2n) is 5.62. The Morgan fingerprint density at radius 2 is 1.95 bits per heavy atom. The molecule has 102 valence electrons. The lowest BCUT2D eigenvalue weighted by molar-refractivity contribution is 0.0681. The Morgan fingerprint density at radius 3 is 2.53 bits per heavy atom. The molecule has 0 spiro atoms. The molecule has 5 nitrogen and oxygen atoms in total. The zero-order valence-electron chi connectivity index (χ0n) is 11.1. The van der Waals surface area contributed by atoms with Gasteiger partial charge in [-0.25, -0.2) is 0 Å². The van der Waals surface area contributed by atoms with Crippen LogP contribution in [0.1, 0.15) is 36.0 Å². The zero-order valence-corrected chi connectivity index (χ0v) is 11.1. The highest BCUT2D eigenvalue weighted by Crippen LogP contribution is 2.29. The standard InChI is InChI=1S/C14H19N3O2/c1-17(12-6-10-3-4-11(7-12)16-10)14(19)9-2-5-13(18)15-8-9/h2,5,8,10-12,16H,3-4,6-7H2,1H3,(H,15,18). The number of rotatable bonds is 2. The van der Waals surface area contributed by atoms with Gasteiger partial charge in [-0.3, -0.25) is 9.59 Å². The van der Waals surface area contributed by atoms with Gasteiger partial charge in [0.25, 0.3) is 5.91 Å². The first-order valence-corrected chi connectivity index (χ1v) is 6.85. The van der Waals surface area contributed by atoms with Crippen molar-refractivity contribution in [3.8, 4) is 0 Å². The number of pyridine rings is 1. The van der Waals surface area contributed by atoms with Gasteiger partial charge in [0.1, 0.15) is 0 Å².